The van der Waals surface area contributed by atoms with Crippen LogP contribution < -0.4 is 15.5 Å². The molecule has 1 fully saturated rings. The predicted octanol–water partition coefficient (Wildman–Crippen LogP) is 3.42. The third-order valence-corrected chi connectivity index (χ3v) is 7.98. The van der Waals surface area contributed by atoms with Crippen molar-refractivity contribution < 1.29 is 14.2 Å². The van der Waals surface area contributed by atoms with Gasteiger partial charge < -0.3 is 20.6 Å². The highest BCUT2D eigenvalue weighted by molar-refractivity contribution is 8.24. The third-order valence-electron chi connectivity index (χ3n) is 6.13. The Morgan fingerprint density at radius 3 is 2.77 bits per heavy atom. The second-order valence-corrected chi connectivity index (χ2v) is 10.6. The summed E-state index contributed by atoms with van der Waals surface area (Å²) in [7, 11) is -2.83. The van der Waals surface area contributed by atoms with Crippen molar-refractivity contribution in [2.45, 2.75) is 30.5 Å². The second kappa shape index (κ2) is 7.96. The van der Waals surface area contributed by atoms with Crippen LogP contribution in [0.3, 0.4) is 0 Å². The van der Waals surface area contributed by atoms with E-state index in [4.69, 9.17) is 4.98 Å². The summed E-state index contributed by atoms with van der Waals surface area (Å²) in [6, 6.07) is 15.7. The van der Waals surface area contributed by atoms with Gasteiger partial charge in [-0.05, 0) is 30.7 Å². The molecule has 2 unspecified atom stereocenters. The number of β-amino-alcohol motifs (C(OH)–C–C–N with tert-alkyl or cyclic N) is 1. The maximum absolute atomic E-state index is 10.7. The summed E-state index contributed by atoms with van der Waals surface area (Å²) in [5, 5.41) is 18.0. The Hall–Kier alpha value is -2.36. The topological polar surface area (TPSA) is 101 Å². The van der Waals surface area contributed by atoms with Crippen molar-refractivity contribution in [3.63, 3.8) is 0 Å². The molecule has 164 valence electrons. The molecule has 2 aliphatic rings. The van der Waals surface area contributed by atoms with E-state index in [9.17, 15) is 14.2 Å². The number of hydrogen-bond acceptors (Lipinski definition) is 7. The monoisotopic (exact) mass is 440 g/mol. The first kappa shape index (κ1) is 20.5. The second-order valence-electron chi connectivity index (χ2n) is 8.43. The van der Waals surface area contributed by atoms with Crippen LogP contribution >= 0.6 is 10.6 Å². The molecular formula is C23H28N4O3S. The van der Waals surface area contributed by atoms with Gasteiger partial charge in [-0.1, -0.05) is 29.8 Å². The molecule has 2 aromatic carbocycles. The number of benzene rings is 2. The number of aliphatic hydroxyl groups excluding tert-OH is 1. The van der Waals surface area contributed by atoms with Gasteiger partial charge in [0.1, 0.15) is 5.82 Å². The van der Waals surface area contributed by atoms with Gasteiger partial charge in [0.15, 0.2) is 0 Å². The molecule has 3 aromatic rings. The Labute approximate surface area is 183 Å². The minimum absolute atomic E-state index is 0.0733. The fourth-order valence-corrected chi connectivity index (χ4v) is 5.94. The Balaban J connectivity index is 1.56. The van der Waals surface area contributed by atoms with E-state index in [1.807, 2.05) is 42.5 Å². The van der Waals surface area contributed by atoms with Gasteiger partial charge >= 0.3 is 0 Å². The molecule has 5 N–H and O–H groups in total. The third kappa shape index (κ3) is 3.97. The van der Waals surface area contributed by atoms with Crippen LogP contribution in [0.1, 0.15) is 11.1 Å². The van der Waals surface area contributed by atoms with E-state index in [0.29, 0.717) is 31.1 Å². The molecule has 1 saturated heterocycles. The molecule has 3 heterocycles. The van der Waals surface area contributed by atoms with E-state index in [0.717, 1.165) is 33.5 Å². The van der Waals surface area contributed by atoms with Crippen LogP contribution in [0.5, 0.6) is 0 Å². The highest BCUT2D eigenvalue weighted by Gasteiger charge is 2.28. The largest absolute Gasteiger partial charge is 0.390 e. The van der Waals surface area contributed by atoms with Gasteiger partial charge in [0.2, 0.25) is 0 Å². The van der Waals surface area contributed by atoms with Crippen LogP contribution in [-0.4, -0.2) is 56.7 Å². The SMILES string of the molecule is Cc1ccc2nc(N3CCS(O)(O)c4ccccc4C3)cc(NC3CNCC3O)c2c1. The van der Waals surface area contributed by atoms with Gasteiger partial charge in [-0.15, -0.1) is 0 Å². The Morgan fingerprint density at radius 1 is 1.13 bits per heavy atom. The normalized spacial score (nSPS) is 23.9. The fraction of sp³-hybridized carbons (Fsp3) is 0.348. The van der Waals surface area contributed by atoms with Crippen LogP contribution in [0.2, 0.25) is 0 Å². The molecule has 0 aliphatic carbocycles. The van der Waals surface area contributed by atoms with Crippen molar-refractivity contribution in [1.29, 1.82) is 0 Å². The van der Waals surface area contributed by atoms with Crippen molar-refractivity contribution in [3.05, 3.63) is 59.7 Å². The number of nitrogens with one attached hydrogen (secondary N) is 2. The number of aromatic nitrogens is 1. The molecule has 2 atom stereocenters. The summed E-state index contributed by atoms with van der Waals surface area (Å²) in [6.07, 6.45) is -0.450. The number of rotatable bonds is 3. The summed E-state index contributed by atoms with van der Waals surface area (Å²) < 4.78 is 21.4. The molecule has 0 amide bonds. The van der Waals surface area contributed by atoms with Gasteiger partial charge in [-0.25, -0.2) is 4.98 Å². The molecule has 0 spiro atoms. The lowest BCUT2D eigenvalue weighted by Gasteiger charge is -2.32. The van der Waals surface area contributed by atoms with E-state index < -0.39 is 16.7 Å². The summed E-state index contributed by atoms with van der Waals surface area (Å²) in [5.74, 6) is 1.05. The average Bonchev–Trinajstić information content (AvgIpc) is 3.09. The van der Waals surface area contributed by atoms with E-state index in [1.54, 1.807) is 0 Å². The summed E-state index contributed by atoms with van der Waals surface area (Å²) >= 11 is 0. The standard InChI is InChI=1S/C23H28N4O3S/c1-15-6-7-18-17(10-15)19(25-20-12-24-13-21(20)28)11-23(26-18)27-8-9-31(29,30)22-5-3-2-4-16(22)14-27/h2-7,10-11,20-21,24,28-30H,8-9,12-14H2,1H3,(H,25,26). The van der Waals surface area contributed by atoms with Gasteiger partial charge in [0.25, 0.3) is 0 Å². The Morgan fingerprint density at radius 2 is 1.97 bits per heavy atom. The quantitative estimate of drug-likeness (QED) is 0.425. The van der Waals surface area contributed by atoms with Crippen LogP contribution in [0.25, 0.3) is 10.9 Å². The zero-order valence-corrected chi connectivity index (χ0v) is 18.3. The Bertz CT molecular complexity index is 1120. The summed E-state index contributed by atoms with van der Waals surface area (Å²) in [4.78, 5) is 7.65. The molecule has 0 bridgehead atoms. The number of aliphatic hydroxyl groups is 1. The van der Waals surface area contributed by atoms with Crippen LogP contribution in [0, 0.1) is 6.92 Å². The highest BCUT2D eigenvalue weighted by Crippen LogP contribution is 2.51. The van der Waals surface area contributed by atoms with Crippen molar-refractivity contribution in [3.8, 4) is 0 Å². The van der Waals surface area contributed by atoms with Crippen molar-refractivity contribution in [2.75, 3.05) is 35.6 Å². The van der Waals surface area contributed by atoms with E-state index in [-0.39, 0.29) is 11.8 Å². The lowest BCUT2D eigenvalue weighted by atomic mass is 10.1. The summed E-state index contributed by atoms with van der Waals surface area (Å²) in [5.41, 5.74) is 3.86. The number of aryl methyl sites for hydroxylation is 1. The molecule has 0 saturated carbocycles. The van der Waals surface area contributed by atoms with Crippen LogP contribution in [0.4, 0.5) is 11.5 Å². The zero-order chi connectivity index (χ0) is 21.6. The van der Waals surface area contributed by atoms with Gasteiger partial charge in [-0.2, -0.15) is 10.6 Å². The molecule has 1 aromatic heterocycles. The number of fused-ring (bicyclic) bond motifs is 2. The number of nitrogens with zero attached hydrogens (tertiary/aromatic N) is 2. The average molecular weight is 441 g/mol. The van der Waals surface area contributed by atoms with E-state index in [2.05, 4.69) is 28.5 Å². The van der Waals surface area contributed by atoms with Crippen molar-refractivity contribution >= 4 is 33.0 Å². The lowest BCUT2D eigenvalue weighted by Crippen LogP contribution is -2.32. The van der Waals surface area contributed by atoms with E-state index >= 15 is 0 Å². The van der Waals surface area contributed by atoms with Gasteiger partial charge in [0, 0.05) is 43.3 Å². The highest BCUT2D eigenvalue weighted by atomic mass is 32.3. The molecule has 31 heavy (non-hydrogen) atoms. The van der Waals surface area contributed by atoms with Gasteiger partial charge in [0.05, 0.1) is 28.3 Å². The van der Waals surface area contributed by atoms with Crippen LogP contribution in [-0.2, 0) is 6.54 Å². The Kier molecular flexibility index (Phi) is 5.27. The fourth-order valence-electron chi connectivity index (χ4n) is 4.40. The number of hydrogen-bond donors (Lipinski definition) is 5. The minimum atomic E-state index is -2.83. The van der Waals surface area contributed by atoms with Crippen LogP contribution in [0.15, 0.2) is 53.4 Å². The van der Waals surface area contributed by atoms with Crippen molar-refractivity contribution in [1.82, 2.24) is 10.3 Å². The molecular weight excluding hydrogens is 412 g/mol. The smallest absolute Gasteiger partial charge is 0.131 e. The molecule has 0 radical (unpaired) electrons. The zero-order valence-electron chi connectivity index (χ0n) is 17.5. The predicted molar refractivity (Wildman–Crippen MR) is 126 cm³/mol. The molecule has 2 aliphatic heterocycles. The molecule has 8 heteroatoms. The first-order chi connectivity index (χ1) is 14.9. The first-order valence-corrected chi connectivity index (χ1v) is 12.3. The molecule has 7 nitrogen and oxygen atoms in total. The van der Waals surface area contributed by atoms with E-state index in [1.165, 1.54) is 0 Å². The maximum atomic E-state index is 10.7. The summed E-state index contributed by atoms with van der Waals surface area (Å²) in [6.45, 7) is 4.38. The van der Waals surface area contributed by atoms with Crippen molar-refractivity contribution in [2.24, 2.45) is 0 Å². The number of pyridine rings is 1. The first-order valence-electron chi connectivity index (χ1n) is 10.6. The minimum Gasteiger partial charge on any atom is -0.390 e. The van der Waals surface area contributed by atoms with Gasteiger partial charge in [-0.3, -0.25) is 9.11 Å². The maximum Gasteiger partial charge on any atom is 0.131 e. The number of anilines is 2. The molecule has 5 rings (SSSR count). The lowest BCUT2D eigenvalue weighted by molar-refractivity contribution is 0.185.